The topological polar surface area (TPSA) is 64.6 Å². The third-order valence-electron chi connectivity index (χ3n) is 2.54. The van der Waals surface area contributed by atoms with E-state index >= 15 is 0 Å². The maximum Gasteiger partial charge on any atom is 0.407 e. The Morgan fingerprint density at radius 2 is 1.81 bits per heavy atom. The average Bonchev–Trinajstić information content (AvgIpc) is 2.37. The molecule has 5 heteroatoms. The minimum Gasteiger partial charge on any atom is -0.458 e. The normalized spacial score (nSPS) is 12.4. The van der Waals surface area contributed by atoms with Gasteiger partial charge in [0.05, 0.1) is 6.61 Å². The number of carbonyl (C=O) groups excluding carboxylic acids is 2. The second-order valence-electron chi connectivity index (χ2n) is 5.64. The molecule has 1 aromatic carbocycles. The summed E-state index contributed by atoms with van der Waals surface area (Å²) in [6, 6.07) is 8.67. The lowest BCUT2D eigenvalue weighted by Crippen LogP contribution is -2.45. The maximum absolute atomic E-state index is 12.2. The van der Waals surface area contributed by atoms with Gasteiger partial charge in [-0.2, -0.15) is 0 Å². The van der Waals surface area contributed by atoms with Crippen LogP contribution in [0.4, 0.5) is 4.79 Å². The van der Waals surface area contributed by atoms with Crippen LogP contribution in [0.3, 0.4) is 0 Å². The molecular weight excluding hydrogens is 270 g/mol. The van der Waals surface area contributed by atoms with Crippen LogP contribution in [0.2, 0.25) is 0 Å². The number of rotatable bonds is 5. The van der Waals surface area contributed by atoms with E-state index in [1.807, 2.05) is 30.3 Å². The smallest absolute Gasteiger partial charge is 0.407 e. The number of benzene rings is 1. The minimum absolute atomic E-state index is 0.248. The van der Waals surface area contributed by atoms with Crippen molar-refractivity contribution >= 4 is 12.1 Å². The molecule has 0 aliphatic heterocycles. The van der Waals surface area contributed by atoms with E-state index in [9.17, 15) is 9.59 Å². The molecule has 0 aliphatic carbocycles. The Labute approximate surface area is 125 Å². The number of ether oxygens (including phenoxy) is 2. The lowest BCUT2D eigenvalue weighted by atomic mass is 10.1. The minimum atomic E-state index is -0.773. The molecule has 116 valence electrons. The van der Waals surface area contributed by atoms with Gasteiger partial charge in [0.15, 0.2) is 0 Å². The molecule has 0 saturated carbocycles. The van der Waals surface area contributed by atoms with Gasteiger partial charge in [0, 0.05) is 6.42 Å². The van der Waals surface area contributed by atoms with Crippen molar-refractivity contribution in [2.24, 2.45) is 0 Å². The van der Waals surface area contributed by atoms with E-state index in [-0.39, 0.29) is 6.61 Å². The largest absolute Gasteiger partial charge is 0.458 e. The van der Waals surface area contributed by atoms with E-state index in [0.29, 0.717) is 6.42 Å². The van der Waals surface area contributed by atoms with Crippen molar-refractivity contribution in [3.63, 3.8) is 0 Å². The number of nitrogens with one attached hydrogen (secondary N) is 1. The molecule has 21 heavy (non-hydrogen) atoms. The van der Waals surface area contributed by atoms with Crippen LogP contribution in [0.25, 0.3) is 0 Å². The van der Waals surface area contributed by atoms with Crippen molar-refractivity contribution in [3.8, 4) is 0 Å². The van der Waals surface area contributed by atoms with Gasteiger partial charge in [-0.25, -0.2) is 9.59 Å². The second-order valence-corrected chi connectivity index (χ2v) is 5.64. The molecular formula is C16H23NO4. The van der Waals surface area contributed by atoms with Crippen LogP contribution in [0.1, 0.15) is 33.3 Å². The van der Waals surface area contributed by atoms with Gasteiger partial charge in [-0.05, 0) is 33.3 Å². The van der Waals surface area contributed by atoms with E-state index in [0.717, 1.165) is 5.56 Å². The molecule has 0 bridgehead atoms. The monoisotopic (exact) mass is 293 g/mol. The number of amides is 1. The summed E-state index contributed by atoms with van der Waals surface area (Å²) in [5.74, 6) is -0.473. The van der Waals surface area contributed by atoms with Gasteiger partial charge in [0.2, 0.25) is 0 Å². The number of hydrogen-bond acceptors (Lipinski definition) is 4. The van der Waals surface area contributed by atoms with Crippen molar-refractivity contribution in [3.05, 3.63) is 35.9 Å². The summed E-state index contributed by atoms with van der Waals surface area (Å²) in [7, 11) is 0. The van der Waals surface area contributed by atoms with Gasteiger partial charge < -0.3 is 14.8 Å². The SMILES string of the molecule is CCOC(=O)NC(Cc1ccccc1)C(=O)OC(C)(C)C. The van der Waals surface area contributed by atoms with Crippen LogP contribution in [-0.4, -0.2) is 30.3 Å². The molecule has 1 rings (SSSR count). The molecule has 0 spiro atoms. The molecule has 5 nitrogen and oxygen atoms in total. The zero-order valence-electron chi connectivity index (χ0n) is 13.0. The third-order valence-corrected chi connectivity index (χ3v) is 2.54. The fourth-order valence-electron chi connectivity index (χ4n) is 1.73. The molecule has 1 aromatic rings. The lowest BCUT2D eigenvalue weighted by molar-refractivity contribution is -0.157. The van der Waals surface area contributed by atoms with E-state index in [2.05, 4.69) is 5.32 Å². The first-order valence-corrected chi connectivity index (χ1v) is 7.02. The Morgan fingerprint density at radius 1 is 1.19 bits per heavy atom. The highest BCUT2D eigenvalue weighted by atomic mass is 16.6. The fourth-order valence-corrected chi connectivity index (χ4v) is 1.73. The maximum atomic E-state index is 12.2. The van der Waals surface area contributed by atoms with Gasteiger partial charge in [-0.3, -0.25) is 0 Å². The van der Waals surface area contributed by atoms with Gasteiger partial charge in [-0.1, -0.05) is 30.3 Å². The predicted molar refractivity (Wildman–Crippen MR) is 79.9 cm³/mol. The lowest BCUT2D eigenvalue weighted by Gasteiger charge is -2.24. The summed E-state index contributed by atoms with van der Waals surface area (Å²) in [4.78, 5) is 23.8. The van der Waals surface area contributed by atoms with Gasteiger partial charge in [0.1, 0.15) is 11.6 Å². The average molecular weight is 293 g/mol. The molecule has 0 aliphatic rings. The van der Waals surface area contributed by atoms with Crippen molar-refractivity contribution in [1.82, 2.24) is 5.32 Å². The molecule has 1 unspecified atom stereocenters. The number of carbonyl (C=O) groups is 2. The van der Waals surface area contributed by atoms with Crippen LogP contribution in [0.5, 0.6) is 0 Å². The number of hydrogen-bond donors (Lipinski definition) is 1. The van der Waals surface area contributed by atoms with E-state index in [4.69, 9.17) is 9.47 Å². The number of esters is 1. The molecule has 0 heterocycles. The molecule has 0 saturated heterocycles. The number of alkyl carbamates (subject to hydrolysis) is 1. The van der Waals surface area contributed by atoms with Gasteiger partial charge in [-0.15, -0.1) is 0 Å². The predicted octanol–water partition coefficient (Wildman–Crippen LogP) is 2.69. The third kappa shape index (κ3) is 6.79. The molecule has 0 fully saturated rings. The van der Waals surface area contributed by atoms with E-state index in [1.54, 1.807) is 27.7 Å². The van der Waals surface area contributed by atoms with Crippen molar-refractivity contribution < 1.29 is 19.1 Å². The summed E-state index contributed by atoms with van der Waals surface area (Å²) in [6.45, 7) is 7.32. The summed E-state index contributed by atoms with van der Waals surface area (Å²) >= 11 is 0. The summed E-state index contributed by atoms with van der Waals surface area (Å²) < 4.78 is 10.2. The van der Waals surface area contributed by atoms with E-state index in [1.165, 1.54) is 0 Å². The second kappa shape index (κ2) is 7.67. The van der Waals surface area contributed by atoms with Gasteiger partial charge >= 0.3 is 12.1 Å². The summed E-state index contributed by atoms with van der Waals surface area (Å²) in [6.07, 6.45) is -0.265. The first kappa shape index (κ1) is 17.0. The van der Waals surface area contributed by atoms with Crippen LogP contribution >= 0.6 is 0 Å². The molecule has 0 radical (unpaired) electrons. The molecule has 1 atom stereocenters. The Kier molecular flexibility index (Phi) is 6.21. The van der Waals surface area contributed by atoms with Crippen LogP contribution < -0.4 is 5.32 Å². The van der Waals surface area contributed by atoms with Crippen molar-refractivity contribution in [1.29, 1.82) is 0 Å². The van der Waals surface area contributed by atoms with Crippen molar-refractivity contribution in [2.45, 2.75) is 45.8 Å². The van der Waals surface area contributed by atoms with Crippen LogP contribution in [0.15, 0.2) is 30.3 Å². The zero-order chi connectivity index (χ0) is 15.9. The van der Waals surface area contributed by atoms with Gasteiger partial charge in [0.25, 0.3) is 0 Å². The Morgan fingerprint density at radius 3 is 2.33 bits per heavy atom. The fraction of sp³-hybridized carbons (Fsp3) is 0.500. The first-order chi connectivity index (χ1) is 9.81. The Balaban J connectivity index is 2.78. The summed E-state index contributed by atoms with van der Waals surface area (Å²) in [5.41, 5.74) is 0.327. The highest BCUT2D eigenvalue weighted by Gasteiger charge is 2.27. The molecule has 1 amide bonds. The molecule has 0 aromatic heterocycles. The summed E-state index contributed by atoms with van der Waals surface area (Å²) in [5, 5.41) is 2.55. The van der Waals surface area contributed by atoms with Crippen LogP contribution in [0, 0.1) is 0 Å². The van der Waals surface area contributed by atoms with Crippen LogP contribution in [-0.2, 0) is 20.7 Å². The van der Waals surface area contributed by atoms with E-state index < -0.39 is 23.7 Å². The highest BCUT2D eigenvalue weighted by Crippen LogP contribution is 2.11. The standard InChI is InChI=1S/C16H23NO4/c1-5-20-15(19)17-13(14(18)21-16(2,3)4)11-12-9-7-6-8-10-12/h6-10,13H,5,11H2,1-4H3,(H,17,19). The Hall–Kier alpha value is -2.04. The molecule has 1 N–H and O–H groups in total. The van der Waals surface area contributed by atoms with Crippen molar-refractivity contribution in [2.75, 3.05) is 6.61 Å². The quantitative estimate of drug-likeness (QED) is 0.848. The first-order valence-electron chi connectivity index (χ1n) is 7.02. The zero-order valence-corrected chi connectivity index (χ0v) is 13.0. The highest BCUT2D eigenvalue weighted by molar-refractivity contribution is 5.81. The Bertz CT molecular complexity index is 465.